The molecule has 0 saturated carbocycles. The predicted octanol–water partition coefficient (Wildman–Crippen LogP) is 4.53. The molecule has 0 heterocycles. The average Bonchev–Trinajstić information content (AvgIpc) is 2.54. The molecule has 0 saturated heterocycles. The zero-order valence-electron chi connectivity index (χ0n) is 14.0. The van der Waals surface area contributed by atoms with Gasteiger partial charge in [-0.15, -0.1) is 10.2 Å². The SMILES string of the molecule is Cc1ccc2c(O)c(N=Nc3cc(S(=O)(=O)O)ccc3O)c(C)cc2c1. The Morgan fingerprint density at radius 3 is 2.35 bits per heavy atom. The number of phenolic OH excluding ortho intramolecular Hbond substituents is 2. The van der Waals surface area contributed by atoms with E-state index in [1.807, 2.05) is 25.1 Å². The van der Waals surface area contributed by atoms with Crippen LogP contribution in [0.25, 0.3) is 10.8 Å². The maximum atomic E-state index is 11.2. The van der Waals surface area contributed by atoms with Gasteiger partial charge in [-0.1, -0.05) is 23.8 Å². The molecule has 3 N–H and O–H groups in total. The second-order valence-corrected chi connectivity index (χ2v) is 7.36. The van der Waals surface area contributed by atoms with Gasteiger partial charge < -0.3 is 10.2 Å². The van der Waals surface area contributed by atoms with E-state index in [0.29, 0.717) is 10.9 Å². The van der Waals surface area contributed by atoms with Crippen molar-refractivity contribution in [1.29, 1.82) is 0 Å². The van der Waals surface area contributed by atoms with Gasteiger partial charge in [0, 0.05) is 5.39 Å². The van der Waals surface area contributed by atoms with Crippen molar-refractivity contribution < 1.29 is 23.2 Å². The molecule has 0 unspecified atom stereocenters. The quantitative estimate of drug-likeness (QED) is 0.461. The number of hydrogen-bond donors (Lipinski definition) is 3. The Hall–Kier alpha value is -2.97. The highest BCUT2D eigenvalue weighted by Crippen LogP contribution is 2.40. The molecule has 0 bridgehead atoms. The van der Waals surface area contributed by atoms with Gasteiger partial charge in [-0.25, -0.2) is 0 Å². The highest BCUT2D eigenvalue weighted by molar-refractivity contribution is 7.85. The summed E-state index contributed by atoms with van der Waals surface area (Å²) in [6, 6.07) is 10.5. The summed E-state index contributed by atoms with van der Waals surface area (Å²) >= 11 is 0. The Balaban J connectivity index is 2.11. The molecular formula is C18H16N2O5S. The second-order valence-electron chi connectivity index (χ2n) is 5.94. The molecule has 3 rings (SSSR count). The Labute approximate surface area is 150 Å². The fraction of sp³-hybridized carbons (Fsp3) is 0.111. The molecule has 3 aromatic rings. The number of aryl methyl sites for hydroxylation is 2. The molecule has 0 aliphatic heterocycles. The van der Waals surface area contributed by atoms with Crippen LogP contribution in [0.4, 0.5) is 11.4 Å². The van der Waals surface area contributed by atoms with Crippen LogP contribution in [-0.4, -0.2) is 23.2 Å². The van der Waals surface area contributed by atoms with Crippen LogP contribution in [-0.2, 0) is 10.1 Å². The third kappa shape index (κ3) is 3.37. The largest absolute Gasteiger partial charge is 0.506 e. The van der Waals surface area contributed by atoms with Gasteiger partial charge in [0.1, 0.15) is 17.1 Å². The first kappa shape index (κ1) is 17.8. The first-order valence-electron chi connectivity index (χ1n) is 7.62. The zero-order valence-corrected chi connectivity index (χ0v) is 14.8. The molecule has 3 aromatic carbocycles. The van der Waals surface area contributed by atoms with E-state index in [1.165, 1.54) is 0 Å². The Morgan fingerprint density at radius 2 is 1.65 bits per heavy atom. The molecule has 0 fully saturated rings. The minimum absolute atomic E-state index is 0.0609. The lowest BCUT2D eigenvalue weighted by molar-refractivity contribution is 0.473. The molecule has 0 aliphatic carbocycles. The van der Waals surface area contributed by atoms with Gasteiger partial charge in [-0.2, -0.15) is 8.42 Å². The molecule has 0 amide bonds. The predicted molar refractivity (Wildman–Crippen MR) is 97.2 cm³/mol. The molecule has 0 aliphatic rings. The Kier molecular flexibility index (Phi) is 4.39. The number of nitrogens with zero attached hydrogens (tertiary/aromatic N) is 2. The standard InChI is InChI=1S/C18H16N2O5S/c1-10-3-5-14-12(7-10)8-11(2)17(18(14)22)20-19-15-9-13(26(23,24)25)4-6-16(15)21/h3-9,21-22H,1-2H3,(H,23,24,25). The van der Waals surface area contributed by atoms with Gasteiger partial charge in [0.2, 0.25) is 0 Å². The van der Waals surface area contributed by atoms with Crippen molar-refractivity contribution >= 4 is 32.3 Å². The number of azo groups is 1. The maximum Gasteiger partial charge on any atom is 0.294 e. The highest BCUT2D eigenvalue weighted by Gasteiger charge is 2.14. The van der Waals surface area contributed by atoms with E-state index >= 15 is 0 Å². The molecule has 26 heavy (non-hydrogen) atoms. The third-order valence-corrected chi connectivity index (χ3v) is 4.78. The van der Waals surface area contributed by atoms with Gasteiger partial charge in [0.25, 0.3) is 10.1 Å². The van der Waals surface area contributed by atoms with Crippen LogP contribution in [0.3, 0.4) is 0 Å². The number of aromatic hydroxyl groups is 2. The van der Waals surface area contributed by atoms with E-state index < -0.39 is 15.0 Å². The van der Waals surface area contributed by atoms with E-state index in [2.05, 4.69) is 10.2 Å². The van der Waals surface area contributed by atoms with Crippen LogP contribution in [0.5, 0.6) is 11.5 Å². The van der Waals surface area contributed by atoms with Crippen LogP contribution >= 0.6 is 0 Å². The Morgan fingerprint density at radius 1 is 0.923 bits per heavy atom. The number of hydrogen-bond acceptors (Lipinski definition) is 6. The van der Waals surface area contributed by atoms with E-state index in [4.69, 9.17) is 4.55 Å². The van der Waals surface area contributed by atoms with Crippen LogP contribution in [0.15, 0.2) is 57.6 Å². The van der Waals surface area contributed by atoms with E-state index in [-0.39, 0.29) is 22.9 Å². The summed E-state index contributed by atoms with van der Waals surface area (Å²) in [7, 11) is -4.44. The normalized spacial score (nSPS) is 12.1. The average molecular weight is 372 g/mol. The van der Waals surface area contributed by atoms with Gasteiger partial charge in [-0.3, -0.25) is 4.55 Å². The van der Waals surface area contributed by atoms with Gasteiger partial charge in [-0.05, 0) is 49.1 Å². The lowest BCUT2D eigenvalue weighted by atomic mass is 10.0. The number of fused-ring (bicyclic) bond motifs is 1. The number of rotatable bonds is 3. The van der Waals surface area contributed by atoms with E-state index in [9.17, 15) is 18.6 Å². The van der Waals surface area contributed by atoms with Crippen LogP contribution in [0, 0.1) is 13.8 Å². The van der Waals surface area contributed by atoms with E-state index in [0.717, 1.165) is 29.1 Å². The molecule has 0 radical (unpaired) electrons. The summed E-state index contributed by atoms with van der Waals surface area (Å²) in [5.74, 6) is -0.371. The van der Waals surface area contributed by atoms with Gasteiger partial charge in [0.05, 0.1) is 4.90 Å². The zero-order chi connectivity index (χ0) is 19.1. The van der Waals surface area contributed by atoms with Crippen molar-refractivity contribution in [3.63, 3.8) is 0 Å². The molecule has 0 atom stereocenters. The van der Waals surface area contributed by atoms with Crippen LogP contribution < -0.4 is 0 Å². The summed E-state index contributed by atoms with van der Waals surface area (Å²) in [5, 5.41) is 29.6. The van der Waals surface area contributed by atoms with Crippen LogP contribution in [0.1, 0.15) is 11.1 Å². The summed E-state index contributed by atoms with van der Waals surface area (Å²) in [4.78, 5) is -0.417. The van der Waals surface area contributed by atoms with Crippen molar-refractivity contribution in [1.82, 2.24) is 0 Å². The molecule has 0 aromatic heterocycles. The first-order chi connectivity index (χ1) is 12.2. The van der Waals surface area contributed by atoms with Crippen molar-refractivity contribution in [2.45, 2.75) is 18.7 Å². The number of benzene rings is 3. The smallest absolute Gasteiger partial charge is 0.294 e. The first-order valence-corrected chi connectivity index (χ1v) is 9.06. The maximum absolute atomic E-state index is 11.2. The van der Waals surface area contributed by atoms with Crippen molar-refractivity contribution in [2.24, 2.45) is 10.2 Å². The molecule has 0 spiro atoms. The summed E-state index contributed by atoms with van der Waals surface area (Å²) in [6.07, 6.45) is 0. The summed E-state index contributed by atoms with van der Waals surface area (Å²) < 4.78 is 31.5. The lowest BCUT2D eigenvalue weighted by Gasteiger charge is -2.08. The fourth-order valence-electron chi connectivity index (χ4n) is 2.61. The van der Waals surface area contributed by atoms with Gasteiger partial charge in [0.15, 0.2) is 5.75 Å². The molecule has 8 heteroatoms. The van der Waals surface area contributed by atoms with Crippen molar-refractivity contribution in [3.05, 3.63) is 53.6 Å². The molecule has 7 nitrogen and oxygen atoms in total. The van der Waals surface area contributed by atoms with Crippen molar-refractivity contribution in [3.8, 4) is 11.5 Å². The van der Waals surface area contributed by atoms with Gasteiger partial charge >= 0.3 is 0 Å². The summed E-state index contributed by atoms with van der Waals surface area (Å²) in [6.45, 7) is 3.70. The molecular weight excluding hydrogens is 356 g/mol. The van der Waals surface area contributed by atoms with Crippen LogP contribution in [0.2, 0.25) is 0 Å². The summed E-state index contributed by atoms with van der Waals surface area (Å²) in [5.41, 5.74) is 1.77. The van der Waals surface area contributed by atoms with E-state index in [1.54, 1.807) is 13.0 Å². The topological polar surface area (TPSA) is 120 Å². The minimum atomic E-state index is -4.44. The van der Waals surface area contributed by atoms with Crippen molar-refractivity contribution in [2.75, 3.05) is 0 Å². The second kappa shape index (κ2) is 6.40. The Bertz CT molecular complexity index is 1150. The third-order valence-electron chi connectivity index (χ3n) is 3.93. The highest BCUT2D eigenvalue weighted by atomic mass is 32.2. The molecule has 134 valence electrons. The monoisotopic (exact) mass is 372 g/mol. The number of phenols is 2. The lowest BCUT2D eigenvalue weighted by Crippen LogP contribution is -1.96. The fourth-order valence-corrected chi connectivity index (χ4v) is 3.11. The minimum Gasteiger partial charge on any atom is -0.506 e.